The molecule has 76 valence electrons. The van der Waals surface area contributed by atoms with E-state index in [1.54, 1.807) is 0 Å². The van der Waals surface area contributed by atoms with Gasteiger partial charge in [-0.15, -0.1) is 0 Å². The highest BCUT2D eigenvalue weighted by molar-refractivity contribution is 5.09. The van der Waals surface area contributed by atoms with Crippen LogP contribution in [0.4, 0.5) is 0 Å². The molecular weight excluding hydrogens is 176 g/mol. The molecule has 0 aromatic carbocycles. The Bertz CT molecular complexity index is 255. The fourth-order valence-electron chi connectivity index (χ4n) is 1.70. The molecule has 1 aromatic heterocycles. The molecule has 0 spiro atoms. The number of hydrogen-bond donors (Lipinski definition) is 0. The van der Waals surface area contributed by atoms with Gasteiger partial charge in [0.1, 0.15) is 0 Å². The Balaban J connectivity index is 1.90. The van der Waals surface area contributed by atoms with Gasteiger partial charge in [0.05, 0.1) is 6.61 Å². The second kappa shape index (κ2) is 5.08. The molecule has 3 heteroatoms. The maximum absolute atomic E-state index is 5.41. The molecule has 0 radical (unpaired) electrons. The quantitative estimate of drug-likeness (QED) is 0.706. The van der Waals surface area contributed by atoms with Crippen molar-refractivity contribution in [3.05, 3.63) is 30.1 Å². The molecule has 0 amide bonds. The van der Waals surface area contributed by atoms with Crippen LogP contribution in [0.3, 0.4) is 0 Å². The van der Waals surface area contributed by atoms with Crippen LogP contribution in [0.2, 0.25) is 0 Å². The van der Waals surface area contributed by atoms with Gasteiger partial charge in [0.25, 0.3) is 0 Å². The Hall–Kier alpha value is -0.930. The normalized spacial score (nSPS) is 19.1. The molecule has 1 aromatic rings. The second-order valence-electron chi connectivity index (χ2n) is 3.60. The summed E-state index contributed by atoms with van der Waals surface area (Å²) >= 11 is 0. The van der Waals surface area contributed by atoms with Crippen LogP contribution in [0.25, 0.3) is 0 Å². The molecule has 1 saturated heterocycles. The number of nitrogens with zero attached hydrogens (tertiary/aromatic N) is 2. The van der Waals surface area contributed by atoms with Gasteiger partial charge in [-0.3, -0.25) is 9.88 Å². The lowest BCUT2D eigenvalue weighted by Crippen LogP contribution is -2.25. The van der Waals surface area contributed by atoms with E-state index in [0.717, 1.165) is 39.3 Å². The van der Waals surface area contributed by atoms with Crippen LogP contribution in [0, 0.1) is 0 Å². The van der Waals surface area contributed by atoms with Crippen LogP contribution in [0.1, 0.15) is 12.0 Å². The van der Waals surface area contributed by atoms with Gasteiger partial charge in [0.2, 0.25) is 0 Å². The first-order chi connectivity index (χ1) is 6.95. The number of rotatable bonds is 2. The summed E-state index contributed by atoms with van der Waals surface area (Å²) in [4.78, 5) is 6.45. The van der Waals surface area contributed by atoms with E-state index < -0.39 is 0 Å². The minimum atomic E-state index is 0.866. The lowest BCUT2D eigenvalue weighted by molar-refractivity contribution is 0.140. The smallest absolute Gasteiger partial charge is 0.0593 e. The molecule has 3 nitrogen and oxygen atoms in total. The van der Waals surface area contributed by atoms with E-state index in [9.17, 15) is 0 Å². The van der Waals surface area contributed by atoms with Crippen LogP contribution in [-0.4, -0.2) is 36.2 Å². The third kappa shape index (κ3) is 2.79. The highest BCUT2D eigenvalue weighted by atomic mass is 16.5. The highest BCUT2D eigenvalue weighted by Gasteiger charge is 2.08. The van der Waals surface area contributed by atoms with E-state index in [4.69, 9.17) is 4.74 Å². The maximum Gasteiger partial charge on any atom is 0.0593 e. The molecule has 1 aliphatic rings. The Morgan fingerprint density at radius 1 is 1.21 bits per heavy atom. The lowest BCUT2D eigenvalue weighted by atomic mass is 10.2. The molecular formula is C11H16N2O. The summed E-state index contributed by atoms with van der Waals surface area (Å²) < 4.78 is 5.41. The third-order valence-corrected chi connectivity index (χ3v) is 2.47. The van der Waals surface area contributed by atoms with Gasteiger partial charge in [-0.05, 0) is 24.1 Å². The standard InChI is InChI=1S/C11H16N2O/c1-6-13(7-9-14-8-1)10-11-2-4-12-5-3-11/h2-5H,1,6-10H2. The summed E-state index contributed by atoms with van der Waals surface area (Å²) in [6.45, 7) is 4.98. The molecule has 0 unspecified atom stereocenters. The number of hydrogen-bond acceptors (Lipinski definition) is 3. The van der Waals surface area contributed by atoms with Crippen molar-refractivity contribution in [1.29, 1.82) is 0 Å². The van der Waals surface area contributed by atoms with E-state index in [-0.39, 0.29) is 0 Å². The van der Waals surface area contributed by atoms with Crippen LogP contribution >= 0.6 is 0 Å². The summed E-state index contributed by atoms with van der Waals surface area (Å²) in [7, 11) is 0. The first-order valence-corrected chi connectivity index (χ1v) is 5.14. The van der Waals surface area contributed by atoms with Crippen LogP contribution in [-0.2, 0) is 11.3 Å². The molecule has 14 heavy (non-hydrogen) atoms. The summed E-state index contributed by atoms with van der Waals surface area (Å²) in [5.74, 6) is 0. The van der Waals surface area contributed by atoms with Crippen molar-refractivity contribution < 1.29 is 4.74 Å². The molecule has 0 bridgehead atoms. The van der Waals surface area contributed by atoms with Gasteiger partial charge in [-0.25, -0.2) is 0 Å². The van der Waals surface area contributed by atoms with Gasteiger partial charge < -0.3 is 4.74 Å². The van der Waals surface area contributed by atoms with Crippen LogP contribution < -0.4 is 0 Å². The Kier molecular flexibility index (Phi) is 3.49. The van der Waals surface area contributed by atoms with E-state index in [1.807, 2.05) is 12.4 Å². The van der Waals surface area contributed by atoms with E-state index in [0.29, 0.717) is 0 Å². The van der Waals surface area contributed by atoms with Gasteiger partial charge in [0, 0.05) is 38.6 Å². The average molecular weight is 192 g/mol. The topological polar surface area (TPSA) is 25.4 Å². The van der Waals surface area contributed by atoms with Crippen LogP contribution in [0.15, 0.2) is 24.5 Å². The monoisotopic (exact) mass is 192 g/mol. The highest BCUT2D eigenvalue weighted by Crippen LogP contribution is 2.06. The van der Waals surface area contributed by atoms with Gasteiger partial charge in [0.15, 0.2) is 0 Å². The number of pyridine rings is 1. The van der Waals surface area contributed by atoms with Crippen LogP contribution in [0.5, 0.6) is 0 Å². The summed E-state index contributed by atoms with van der Waals surface area (Å²) in [6, 6.07) is 4.15. The first kappa shape index (κ1) is 9.62. The van der Waals surface area contributed by atoms with Crippen molar-refractivity contribution in [2.75, 3.05) is 26.3 Å². The predicted octanol–water partition coefficient (Wildman–Crippen LogP) is 1.30. The zero-order valence-corrected chi connectivity index (χ0v) is 8.35. The number of ether oxygens (including phenoxy) is 1. The lowest BCUT2D eigenvalue weighted by Gasteiger charge is -2.18. The Labute approximate surface area is 84.7 Å². The van der Waals surface area contributed by atoms with Crippen molar-refractivity contribution in [2.24, 2.45) is 0 Å². The summed E-state index contributed by atoms with van der Waals surface area (Å²) in [5, 5.41) is 0. The van der Waals surface area contributed by atoms with Crippen molar-refractivity contribution in [3.63, 3.8) is 0 Å². The van der Waals surface area contributed by atoms with Gasteiger partial charge in [-0.1, -0.05) is 0 Å². The van der Waals surface area contributed by atoms with E-state index in [2.05, 4.69) is 22.0 Å². The molecule has 1 fully saturated rings. The SMILES string of the molecule is c1cc(CN2CCCOCC2)ccn1. The fraction of sp³-hybridized carbons (Fsp3) is 0.545. The second-order valence-corrected chi connectivity index (χ2v) is 3.60. The first-order valence-electron chi connectivity index (χ1n) is 5.14. The largest absolute Gasteiger partial charge is 0.380 e. The minimum Gasteiger partial charge on any atom is -0.380 e. The zero-order chi connectivity index (χ0) is 9.64. The fourth-order valence-corrected chi connectivity index (χ4v) is 1.70. The number of aromatic nitrogens is 1. The molecule has 2 rings (SSSR count). The molecule has 0 atom stereocenters. The Morgan fingerprint density at radius 2 is 2.07 bits per heavy atom. The van der Waals surface area contributed by atoms with E-state index >= 15 is 0 Å². The van der Waals surface area contributed by atoms with Gasteiger partial charge >= 0.3 is 0 Å². The molecule has 0 N–H and O–H groups in total. The summed E-state index contributed by atoms with van der Waals surface area (Å²) in [5.41, 5.74) is 1.34. The third-order valence-electron chi connectivity index (χ3n) is 2.47. The summed E-state index contributed by atoms with van der Waals surface area (Å²) in [6.07, 6.45) is 4.85. The van der Waals surface area contributed by atoms with Gasteiger partial charge in [-0.2, -0.15) is 0 Å². The van der Waals surface area contributed by atoms with Crippen molar-refractivity contribution in [3.8, 4) is 0 Å². The zero-order valence-electron chi connectivity index (χ0n) is 8.35. The molecule has 2 heterocycles. The minimum absolute atomic E-state index is 0.866. The van der Waals surface area contributed by atoms with E-state index in [1.165, 1.54) is 5.56 Å². The maximum atomic E-state index is 5.41. The molecule has 0 aliphatic carbocycles. The molecule has 0 saturated carbocycles. The predicted molar refractivity (Wildman–Crippen MR) is 55.0 cm³/mol. The molecule has 1 aliphatic heterocycles. The van der Waals surface area contributed by atoms with Crippen molar-refractivity contribution >= 4 is 0 Å². The Morgan fingerprint density at radius 3 is 2.93 bits per heavy atom. The average Bonchev–Trinajstić information content (AvgIpc) is 2.48. The van der Waals surface area contributed by atoms with Crippen molar-refractivity contribution in [2.45, 2.75) is 13.0 Å². The van der Waals surface area contributed by atoms with Crippen molar-refractivity contribution in [1.82, 2.24) is 9.88 Å².